The number of nitrogens with one attached hydrogen (secondary N) is 1. The van der Waals surface area contributed by atoms with Gasteiger partial charge in [0.25, 0.3) is 11.8 Å². The van der Waals surface area contributed by atoms with Gasteiger partial charge in [-0.25, -0.2) is 0 Å². The highest BCUT2D eigenvalue weighted by Crippen LogP contribution is 2.29. The molecule has 1 unspecified atom stereocenters. The van der Waals surface area contributed by atoms with Gasteiger partial charge >= 0.3 is 0 Å². The number of carbonyl (C=O) groups is 4. The number of aliphatic hydroxyl groups excluding tert-OH is 1. The van der Waals surface area contributed by atoms with Gasteiger partial charge in [0.05, 0.1) is 11.1 Å². The van der Waals surface area contributed by atoms with Crippen molar-refractivity contribution in [1.82, 2.24) is 10.2 Å². The normalized spacial score (nSPS) is 20.9. The second-order valence-electron chi connectivity index (χ2n) is 5.15. The number of imide groups is 2. The van der Waals surface area contributed by atoms with Crippen molar-refractivity contribution in [2.45, 2.75) is 18.9 Å². The van der Waals surface area contributed by atoms with E-state index in [4.69, 9.17) is 0 Å². The van der Waals surface area contributed by atoms with Gasteiger partial charge in [-0.05, 0) is 18.6 Å². The molecule has 0 radical (unpaired) electrons. The Morgan fingerprint density at radius 2 is 1.86 bits per heavy atom. The van der Waals surface area contributed by atoms with Gasteiger partial charge in [-0.1, -0.05) is 12.6 Å². The summed E-state index contributed by atoms with van der Waals surface area (Å²) in [7, 11) is 0. The molecule has 4 amide bonds. The summed E-state index contributed by atoms with van der Waals surface area (Å²) in [4.78, 5) is 48.7. The van der Waals surface area contributed by atoms with Crippen LogP contribution in [0.3, 0.4) is 0 Å². The summed E-state index contributed by atoms with van der Waals surface area (Å²) < 4.78 is 0. The molecule has 7 nitrogen and oxygen atoms in total. The van der Waals surface area contributed by atoms with Crippen molar-refractivity contribution in [2.75, 3.05) is 0 Å². The van der Waals surface area contributed by atoms with E-state index in [1.165, 1.54) is 18.2 Å². The SMILES string of the molecule is C=C(O)c1ccc2c(c1)C(=O)N(C1CCC(=O)NC1=O)C2=O. The number of rotatable bonds is 2. The fraction of sp³-hybridized carbons (Fsp3) is 0.200. The smallest absolute Gasteiger partial charge is 0.262 e. The van der Waals surface area contributed by atoms with Gasteiger partial charge in [0.15, 0.2) is 0 Å². The van der Waals surface area contributed by atoms with E-state index in [0.29, 0.717) is 5.56 Å². The number of hydrogen-bond acceptors (Lipinski definition) is 5. The van der Waals surface area contributed by atoms with E-state index < -0.39 is 29.7 Å². The Bertz CT molecular complexity index is 752. The third-order valence-electron chi connectivity index (χ3n) is 3.77. The zero-order valence-corrected chi connectivity index (χ0v) is 11.5. The highest BCUT2D eigenvalue weighted by Gasteiger charge is 2.44. The van der Waals surface area contributed by atoms with E-state index in [2.05, 4.69) is 11.9 Å². The number of aliphatic hydroxyl groups is 1. The van der Waals surface area contributed by atoms with Gasteiger partial charge < -0.3 is 5.11 Å². The summed E-state index contributed by atoms with van der Waals surface area (Å²) in [6.07, 6.45) is 0.179. The minimum atomic E-state index is -0.995. The Balaban J connectivity index is 1.98. The van der Waals surface area contributed by atoms with Crippen LogP contribution in [0.25, 0.3) is 5.76 Å². The summed E-state index contributed by atoms with van der Waals surface area (Å²) in [6, 6.07) is 3.26. The first-order valence-corrected chi connectivity index (χ1v) is 6.64. The summed E-state index contributed by atoms with van der Waals surface area (Å²) in [5, 5.41) is 11.5. The maximum Gasteiger partial charge on any atom is 0.262 e. The lowest BCUT2D eigenvalue weighted by molar-refractivity contribution is -0.136. The molecule has 0 aromatic heterocycles. The number of benzene rings is 1. The zero-order valence-electron chi connectivity index (χ0n) is 11.5. The quantitative estimate of drug-likeness (QED) is 0.615. The molecule has 3 rings (SSSR count). The number of hydrogen-bond donors (Lipinski definition) is 2. The van der Waals surface area contributed by atoms with Gasteiger partial charge in [-0.15, -0.1) is 0 Å². The fourth-order valence-corrected chi connectivity index (χ4v) is 2.65. The molecule has 1 saturated heterocycles. The standard InChI is InChI=1S/C15H12N2O5/c1-7(18)8-2-3-9-10(6-8)15(22)17(14(9)21)11-4-5-12(19)16-13(11)20/h2-3,6,11,18H,1,4-5H2,(H,16,19,20). The maximum atomic E-state index is 12.4. The summed E-state index contributed by atoms with van der Waals surface area (Å²) in [5.41, 5.74) is 0.604. The Morgan fingerprint density at radius 3 is 2.50 bits per heavy atom. The lowest BCUT2D eigenvalue weighted by atomic mass is 10.0. The van der Waals surface area contributed by atoms with Crippen LogP contribution in [0.1, 0.15) is 39.1 Å². The molecule has 1 fully saturated rings. The molecular formula is C15H12N2O5. The van der Waals surface area contributed by atoms with Gasteiger partial charge in [-0.2, -0.15) is 0 Å². The topological polar surface area (TPSA) is 104 Å². The highest BCUT2D eigenvalue weighted by atomic mass is 16.3. The van der Waals surface area contributed by atoms with Crippen LogP contribution >= 0.6 is 0 Å². The minimum absolute atomic E-state index is 0.0719. The van der Waals surface area contributed by atoms with Crippen molar-refractivity contribution < 1.29 is 24.3 Å². The largest absolute Gasteiger partial charge is 0.508 e. The molecule has 2 N–H and O–H groups in total. The third kappa shape index (κ3) is 1.98. The molecule has 0 aliphatic carbocycles. The Morgan fingerprint density at radius 1 is 1.18 bits per heavy atom. The molecule has 1 aromatic carbocycles. The first-order valence-electron chi connectivity index (χ1n) is 6.64. The van der Waals surface area contributed by atoms with E-state index in [0.717, 1.165) is 4.90 Å². The number of piperidine rings is 1. The van der Waals surface area contributed by atoms with Crippen LogP contribution in [-0.2, 0) is 9.59 Å². The second-order valence-corrected chi connectivity index (χ2v) is 5.15. The molecule has 0 bridgehead atoms. The molecule has 2 aliphatic rings. The van der Waals surface area contributed by atoms with Gasteiger partial charge in [0.1, 0.15) is 11.8 Å². The molecule has 7 heteroatoms. The average molecular weight is 300 g/mol. The zero-order chi connectivity index (χ0) is 16.0. The molecule has 2 heterocycles. The fourth-order valence-electron chi connectivity index (χ4n) is 2.65. The van der Waals surface area contributed by atoms with E-state index in [1.807, 2.05) is 0 Å². The van der Waals surface area contributed by atoms with Crippen LogP contribution in [0, 0.1) is 0 Å². The predicted molar refractivity (Wildman–Crippen MR) is 74.8 cm³/mol. The molecule has 112 valence electrons. The van der Waals surface area contributed by atoms with Crippen molar-refractivity contribution in [1.29, 1.82) is 0 Å². The van der Waals surface area contributed by atoms with Crippen LogP contribution in [-0.4, -0.2) is 39.7 Å². The van der Waals surface area contributed by atoms with Crippen LogP contribution < -0.4 is 5.32 Å². The minimum Gasteiger partial charge on any atom is -0.508 e. The Hall–Kier alpha value is -2.96. The van der Waals surface area contributed by atoms with Gasteiger partial charge in [-0.3, -0.25) is 29.4 Å². The monoisotopic (exact) mass is 300 g/mol. The van der Waals surface area contributed by atoms with Crippen LogP contribution in [0.5, 0.6) is 0 Å². The van der Waals surface area contributed by atoms with Crippen molar-refractivity contribution in [3.05, 3.63) is 41.5 Å². The number of carbonyl (C=O) groups excluding carboxylic acids is 4. The van der Waals surface area contributed by atoms with Crippen LogP contribution in [0.4, 0.5) is 0 Å². The first kappa shape index (κ1) is 14.0. The highest BCUT2D eigenvalue weighted by molar-refractivity contribution is 6.23. The van der Waals surface area contributed by atoms with E-state index >= 15 is 0 Å². The van der Waals surface area contributed by atoms with Crippen molar-refractivity contribution in [3.63, 3.8) is 0 Å². The number of amides is 4. The molecule has 1 atom stereocenters. The van der Waals surface area contributed by atoms with E-state index in [9.17, 15) is 24.3 Å². The van der Waals surface area contributed by atoms with E-state index in [-0.39, 0.29) is 29.7 Å². The van der Waals surface area contributed by atoms with Gasteiger partial charge in [0, 0.05) is 12.0 Å². The second kappa shape index (κ2) is 4.80. The molecule has 0 saturated carbocycles. The lowest BCUT2D eigenvalue weighted by Gasteiger charge is -2.27. The van der Waals surface area contributed by atoms with Crippen molar-refractivity contribution in [2.24, 2.45) is 0 Å². The number of fused-ring (bicyclic) bond motifs is 1. The molecule has 22 heavy (non-hydrogen) atoms. The van der Waals surface area contributed by atoms with Crippen molar-refractivity contribution in [3.8, 4) is 0 Å². The number of nitrogens with zero attached hydrogens (tertiary/aromatic N) is 1. The van der Waals surface area contributed by atoms with Crippen molar-refractivity contribution >= 4 is 29.4 Å². The molecule has 2 aliphatic heterocycles. The third-order valence-corrected chi connectivity index (χ3v) is 3.77. The summed E-state index contributed by atoms with van der Waals surface area (Å²) in [5.74, 6) is -2.49. The molecule has 1 aromatic rings. The predicted octanol–water partition coefficient (Wildman–Crippen LogP) is 0.616. The first-order chi connectivity index (χ1) is 10.4. The molecule has 0 spiro atoms. The summed E-state index contributed by atoms with van der Waals surface area (Å²) in [6.45, 7) is 3.37. The maximum absolute atomic E-state index is 12.4. The Kier molecular flexibility index (Phi) is 3.05. The Labute approximate surface area is 125 Å². The molecular weight excluding hydrogens is 288 g/mol. The van der Waals surface area contributed by atoms with E-state index in [1.54, 1.807) is 0 Å². The van der Waals surface area contributed by atoms with Crippen LogP contribution in [0.2, 0.25) is 0 Å². The van der Waals surface area contributed by atoms with Gasteiger partial charge in [0.2, 0.25) is 11.8 Å². The average Bonchev–Trinajstić information content (AvgIpc) is 2.71. The lowest BCUT2D eigenvalue weighted by Crippen LogP contribution is -2.54. The van der Waals surface area contributed by atoms with Crippen LogP contribution in [0.15, 0.2) is 24.8 Å². The summed E-state index contributed by atoms with van der Waals surface area (Å²) >= 11 is 0.